The molecule has 1 aromatic heterocycles. The molecular weight excluding hydrogens is 290 g/mol. The van der Waals surface area contributed by atoms with Gasteiger partial charge in [-0.25, -0.2) is 4.98 Å². The number of rotatable bonds is 2. The lowest BCUT2D eigenvalue weighted by molar-refractivity contribution is 0.473. The molecular formula is C19H13NO3. The van der Waals surface area contributed by atoms with Crippen LogP contribution in [0, 0.1) is 0 Å². The van der Waals surface area contributed by atoms with Crippen LogP contribution in [0.1, 0.15) is 0 Å². The van der Waals surface area contributed by atoms with Gasteiger partial charge in [-0.1, -0.05) is 30.3 Å². The molecule has 4 rings (SSSR count). The van der Waals surface area contributed by atoms with E-state index in [-0.39, 0.29) is 11.5 Å². The largest absolute Gasteiger partial charge is 0.508 e. The number of benzene rings is 3. The van der Waals surface area contributed by atoms with E-state index in [1.165, 1.54) is 0 Å². The van der Waals surface area contributed by atoms with Gasteiger partial charge in [0.2, 0.25) is 5.89 Å². The molecule has 0 radical (unpaired) electrons. The van der Waals surface area contributed by atoms with E-state index in [4.69, 9.17) is 4.42 Å². The lowest BCUT2D eigenvalue weighted by atomic mass is 10.0. The van der Waals surface area contributed by atoms with E-state index in [1.807, 2.05) is 48.5 Å². The molecule has 112 valence electrons. The fourth-order valence-corrected chi connectivity index (χ4v) is 2.53. The van der Waals surface area contributed by atoms with Crippen molar-refractivity contribution in [2.75, 3.05) is 0 Å². The maximum Gasteiger partial charge on any atom is 0.231 e. The van der Waals surface area contributed by atoms with Crippen molar-refractivity contribution in [3.63, 3.8) is 0 Å². The van der Waals surface area contributed by atoms with Crippen LogP contribution in [0.25, 0.3) is 33.7 Å². The highest BCUT2D eigenvalue weighted by Gasteiger charge is 2.13. The number of hydrogen-bond donors (Lipinski definition) is 2. The first-order valence-electron chi connectivity index (χ1n) is 7.19. The molecule has 0 atom stereocenters. The molecule has 0 bridgehead atoms. The van der Waals surface area contributed by atoms with Crippen LogP contribution in [0.3, 0.4) is 0 Å². The number of aromatic nitrogens is 1. The highest BCUT2D eigenvalue weighted by molar-refractivity contribution is 5.79. The molecule has 0 saturated heterocycles. The molecule has 23 heavy (non-hydrogen) atoms. The molecule has 4 heteroatoms. The second-order valence-corrected chi connectivity index (χ2v) is 5.27. The van der Waals surface area contributed by atoms with Gasteiger partial charge in [-0.2, -0.15) is 0 Å². The fourth-order valence-electron chi connectivity index (χ4n) is 2.53. The highest BCUT2D eigenvalue weighted by Crippen LogP contribution is 2.34. The van der Waals surface area contributed by atoms with E-state index in [9.17, 15) is 10.2 Å². The summed E-state index contributed by atoms with van der Waals surface area (Å²) in [5, 5.41) is 19.6. The SMILES string of the molecule is Oc1ccc(-c2ccc(O)c(-c3nc4ccccc4o3)c2)cc1. The van der Waals surface area contributed by atoms with Crippen molar-refractivity contribution >= 4 is 11.1 Å². The van der Waals surface area contributed by atoms with Crippen molar-refractivity contribution in [3.05, 3.63) is 66.7 Å². The van der Waals surface area contributed by atoms with Crippen molar-refractivity contribution in [2.45, 2.75) is 0 Å². The van der Waals surface area contributed by atoms with Crippen LogP contribution in [-0.4, -0.2) is 15.2 Å². The van der Waals surface area contributed by atoms with Crippen LogP contribution in [0.4, 0.5) is 0 Å². The molecule has 0 saturated carbocycles. The summed E-state index contributed by atoms with van der Waals surface area (Å²) in [6, 6.07) is 19.6. The Bertz CT molecular complexity index is 954. The number of fused-ring (bicyclic) bond motifs is 1. The van der Waals surface area contributed by atoms with Crippen LogP contribution < -0.4 is 0 Å². The van der Waals surface area contributed by atoms with Gasteiger partial charge in [0.1, 0.15) is 17.0 Å². The zero-order valence-corrected chi connectivity index (χ0v) is 12.1. The normalized spacial score (nSPS) is 11.0. The number of para-hydroxylation sites is 2. The minimum Gasteiger partial charge on any atom is -0.508 e. The maximum atomic E-state index is 10.2. The minimum absolute atomic E-state index is 0.110. The molecule has 4 nitrogen and oxygen atoms in total. The summed E-state index contributed by atoms with van der Waals surface area (Å²) in [7, 11) is 0. The molecule has 0 aliphatic heterocycles. The van der Waals surface area contributed by atoms with Crippen LogP contribution in [-0.2, 0) is 0 Å². The van der Waals surface area contributed by atoms with Crippen LogP contribution in [0.5, 0.6) is 11.5 Å². The van der Waals surface area contributed by atoms with Gasteiger partial charge >= 0.3 is 0 Å². The summed E-state index contributed by atoms with van der Waals surface area (Å²) >= 11 is 0. The molecule has 0 unspecified atom stereocenters. The summed E-state index contributed by atoms with van der Waals surface area (Å²) < 4.78 is 5.73. The summed E-state index contributed by atoms with van der Waals surface area (Å²) in [5.74, 6) is 0.704. The zero-order chi connectivity index (χ0) is 15.8. The number of hydrogen-bond acceptors (Lipinski definition) is 4. The lowest BCUT2D eigenvalue weighted by Gasteiger charge is -2.06. The van der Waals surface area contributed by atoms with Gasteiger partial charge in [-0.15, -0.1) is 0 Å². The molecule has 2 N–H and O–H groups in total. The maximum absolute atomic E-state index is 10.2. The van der Waals surface area contributed by atoms with Crippen molar-refractivity contribution in [3.8, 4) is 34.1 Å². The van der Waals surface area contributed by atoms with E-state index in [0.717, 1.165) is 16.6 Å². The van der Waals surface area contributed by atoms with Crippen LogP contribution in [0.15, 0.2) is 71.1 Å². The zero-order valence-electron chi connectivity index (χ0n) is 12.1. The predicted octanol–water partition coefficient (Wildman–Crippen LogP) is 4.57. The summed E-state index contributed by atoms with van der Waals surface area (Å²) in [4.78, 5) is 4.43. The van der Waals surface area contributed by atoms with Gasteiger partial charge in [0.25, 0.3) is 0 Å². The van der Waals surface area contributed by atoms with E-state index >= 15 is 0 Å². The molecule has 3 aromatic carbocycles. The van der Waals surface area contributed by atoms with Gasteiger partial charge in [0, 0.05) is 0 Å². The number of aromatic hydroxyl groups is 2. The first-order chi connectivity index (χ1) is 11.2. The van der Waals surface area contributed by atoms with Crippen molar-refractivity contribution in [1.82, 2.24) is 4.98 Å². The van der Waals surface area contributed by atoms with Crippen LogP contribution in [0.2, 0.25) is 0 Å². The molecule has 0 spiro atoms. The summed E-state index contributed by atoms with van der Waals surface area (Å²) in [5.41, 5.74) is 3.79. The first-order valence-corrected chi connectivity index (χ1v) is 7.19. The van der Waals surface area contributed by atoms with Gasteiger partial charge in [0.15, 0.2) is 5.58 Å². The van der Waals surface area contributed by atoms with E-state index in [2.05, 4.69) is 4.98 Å². The van der Waals surface area contributed by atoms with Gasteiger partial charge in [0.05, 0.1) is 5.56 Å². The second kappa shape index (κ2) is 5.18. The number of oxazole rings is 1. The fraction of sp³-hybridized carbons (Fsp3) is 0. The van der Waals surface area contributed by atoms with Gasteiger partial charge in [-0.3, -0.25) is 0 Å². The lowest BCUT2D eigenvalue weighted by Crippen LogP contribution is -1.83. The third-order valence-corrected chi connectivity index (χ3v) is 3.72. The predicted molar refractivity (Wildman–Crippen MR) is 88.2 cm³/mol. The third-order valence-electron chi connectivity index (χ3n) is 3.72. The van der Waals surface area contributed by atoms with Crippen molar-refractivity contribution < 1.29 is 14.6 Å². The summed E-state index contributed by atoms with van der Waals surface area (Å²) in [6.07, 6.45) is 0. The first kappa shape index (κ1) is 13.4. The van der Waals surface area contributed by atoms with E-state index in [1.54, 1.807) is 18.2 Å². The average Bonchev–Trinajstić information content (AvgIpc) is 3.00. The monoisotopic (exact) mass is 303 g/mol. The van der Waals surface area contributed by atoms with Crippen molar-refractivity contribution in [1.29, 1.82) is 0 Å². The Kier molecular flexibility index (Phi) is 3.01. The molecule has 0 fully saturated rings. The number of phenolic OH excluding ortho intramolecular Hbond substituents is 2. The smallest absolute Gasteiger partial charge is 0.231 e. The number of phenols is 2. The Balaban J connectivity index is 1.84. The Morgan fingerprint density at radius 2 is 1.52 bits per heavy atom. The topological polar surface area (TPSA) is 66.5 Å². The van der Waals surface area contributed by atoms with Crippen LogP contribution >= 0.6 is 0 Å². The Morgan fingerprint density at radius 3 is 2.30 bits per heavy atom. The molecule has 4 aromatic rings. The number of nitrogens with zero attached hydrogens (tertiary/aromatic N) is 1. The third kappa shape index (κ3) is 2.40. The quantitative estimate of drug-likeness (QED) is 0.569. The summed E-state index contributed by atoms with van der Waals surface area (Å²) in [6.45, 7) is 0. The Hall–Kier alpha value is -3.27. The molecule has 1 heterocycles. The molecule has 0 amide bonds. The average molecular weight is 303 g/mol. The molecule has 0 aliphatic carbocycles. The second-order valence-electron chi connectivity index (χ2n) is 5.27. The van der Waals surface area contributed by atoms with Gasteiger partial charge in [-0.05, 0) is 47.5 Å². The van der Waals surface area contributed by atoms with Crippen molar-refractivity contribution in [2.24, 2.45) is 0 Å². The van der Waals surface area contributed by atoms with E-state index < -0.39 is 0 Å². The van der Waals surface area contributed by atoms with E-state index in [0.29, 0.717) is 17.0 Å². The minimum atomic E-state index is 0.110. The Morgan fingerprint density at radius 1 is 0.783 bits per heavy atom. The van der Waals surface area contributed by atoms with Gasteiger partial charge < -0.3 is 14.6 Å². The standard InChI is InChI=1S/C19H13NO3/c21-14-8-5-12(6-9-14)13-7-10-17(22)15(11-13)19-20-16-3-1-2-4-18(16)23-19/h1-11,21-22H. The molecule has 0 aliphatic rings. The highest BCUT2D eigenvalue weighted by atomic mass is 16.3. The Labute approximate surface area is 132 Å².